The Morgan fingerprint density at radius 2 is 0.578 bits per heavy atom. The molecule has 17 nitrogen and oxygen atoms in total. The summed E-state index contributed by atoms with van der Waals surface area (Å²) >= 11 is 0. The minimum atomic E-state index is -4.95. The van der Waals surface area contributed by atoms with E-state index in [1.807, 2.05) is 0 Å². The zero-order chi connectivity index (χ0) is 61.8. The van der Waals surface area contributed by atoms with Crippen molar-refractivity contribution in [2.45, 2.75) is 324 Å². The van der Waals surface area contributed by atoms with Crippen molar-refractivity contribution < 1.29 is 80.2 Å². The molecule has 0 aromatic rings. The van der Waals surface area contributed by atoms with E-state index in [1.165, 1.54) is 96.3 Å². The standard InChI is InChI=1S/C64H124O17P2/c1-9-55(6)41-33-25-17-13-15-19-31-39-47-64(69)81-60(51-75-62(67)45-37-29-23-21-27-35-43-57(8)11-3)53-79-83(72,73)77-49-58(65)48-76-82(70,71)78-52-59(50-74-61(66)44-36-28-22-20-26-34-42-56(7)10-2)80-63(68)46-38-30-18-14-12-16-24-32-40-54(4)5/h54-60,65H,9-53H2,1-8H3,(H,70,71)(H,72,73)/t55?,56?,57?,58-,59-,60-/m1/s1. The molecule has 0 saturated carbocycles. The van der Waals surface area contributed by atoms with Crippen molar-refractivity contribution in [3.8, 4) is 0 Å². The van der Waals surface area contributed by atoms with Crippen LogP contribution in [-0.4, -0.2) is 96.7 Å². The lowest BCUT2D eigenvalue weighted by atomic mass is 9.99. The van der Waals surface area contributed by atoms with Crippen LogP contribution in [0.1, 0.15) is 306 Å². The Kier molecular flexibility index (Phi) is 53.0. The highest BCUT2D eigenvalue weighted by molar-refractivity contribution is 7.47. The Morgan fingerprint density at radius 1 is 0.337 bits per heavy atom. The second-order valence-electron chi connectivity index (χ2n) is 24.4. The zero-order valence-electron chi connectivity index (χ0n) is 53.8. The third-order valence-electron chi connectivity index (χ3n) is 15.7. The fourth-order valence-corrected chi connectivity index (χ4v) is 10.9. The molecule has 3 N–H and O–H groups in total. The molecule has 8 atom stereocenters. The number of hydrogen-bond donors (Lipinski definition) is 3. The maximum absolute atomic E-state index is 13.0. The summed E-state index contributed by atoms with van der Waals surface area (Å²) in [5, 5.41) is 10.5. The van der Waals surface area contributed by atoms with Crippen molar-refractivity contribution in [3.05, 3.63) is 0 Å². The van der Waals surface area contributed by atoms with E-state index in [2.05, 4.69) is 55.4 Å². The van der Waals surface area contributed by atoms with Crippen LogP contribution in [0.25, 0.3) is 0 Å². The third-order valence-corrected chi connectivity index (χ3v) is 17.6. The predicted octanol–water partition coefficient (Wildman–Crippen LogP) is 17.4. The van der Waals surface area contributed by atoms with Crippen LogP contribution in [0.5, 0.6) is 0 Å². The van der Waals surface area contributed by atoms with Gasteiger partial charge in [0.15, 0.2) is 12.2 Å². The lowest BCUT2D eigenvalue weighted by Gasteiger charge is -2.21. The smallest absolute Gasteiger partial charge is 0.462 e. The summed E-state index contributed by atoms with van der Waals surface area (Å²) in [4.78, 5) is 72.2. The molecule has 0 heterocycles. The molecule has 0 spiro atoms. The minimum absolute atomic E-state index is 0.103. The quantitative estimate of drug-likeness (QED) is 0.0222. The van der Waals surface area contributed by atoms with Crippen molar-refractivity contribution in [2.75, 3.05) is 39.6 Å². The average Bonchev–Trinajstić information content (AvgIpc) is 3.45. The fraction of sp³-hybridized carbons (Fsp3) is 0.938. The second-order valence-corrected chi connectivity index (χ2v) is 27.3. The molecule has 5 unspecified atom stereocenters. The van der Waals surface area contributed by atoms with Crippen LogP contribution < -0.4 is 0 Å². The Hall–Kier alpha value is -1.94. The van der Waals surface area contributed by atoms with Crippen molar-refractivity contribution in [2.24, 2.45) is 23.7 Å². The molecule has 492 valence electrons. The van der Waals surface area contributed by atoms with Crippen molar-refractivity contribution in [3.63, 3.8) is 0 Å². The minimum Gasteiger partial charge on any atom is -0.462 e. The summed E-state index contributed by atoms with van der Waals surface area (Å²) in [5.41, 5.74) is 0. The van der Waals surface area contributed by atoms with Gasteiger partial charge in [0.2, 0.25) is 0 Å². The van der Waals surface area contributed by atoms with Crippen LogP contribution in [0.15, 0.2) is 0 Å². The third kappa shape index (κ3) is 55.1. The molecule has 0 aliphatic carbocycles. The maximum Gasteiger partial charge on any atom is 0.472 e. The molecule has 0 aliphatic rings. The van der Waals surface area contributed by atoms with Crippen LogP contribution in [0.2, 0.25) is 0 Å². The molecule has 0 saturated heterocycles. The summed E-state index contributed by atoms with van der Waals surface area (Å²) < 4.78 is 68.0. The van der Waals surface area contributed by atoms with Gasteiger partial charge in [0.25, 0.3) is 0 Å². The first kappa shape index (κ1) is 81.1. The van der Waals surface area contributed by atoms with Crippen LogP contribution in [0.4, 0.5) is 0 Å². The van der Waals surface area contributed by atoms with E-state index < -0.39 is 97.5 Å². The van der Waals surface area contributed by atoms with E-state index in [4.69, 9.17) is 37.0 Å². The Morgan fingerprint density at radius 3 is 0.855 bits per heavy atom. The molecular weight excluding hydrogens is 1100 g/mol. The number of carbonyl (C=O) groups excluding carboxylic acids is 4. The summed E-state index contributed by atoms with van der Waals surface area (Å²) in [6, 6.07) is 0. The highest BCUT2D eigenvalue weighted by Gasteiger charge is 2.30. The van der Waals surface area contributed by atoms with Crippen LogP contribution in [0, 0.1) is 23.7 Å². The Balaban J connectivity index is 5.28. The highest BCUT2D eigenvalue weighted by Crippen LogP contribution is 2.45. The number of phosphoric ester groups is 2. The summed E-state index contributed by atoms with van der Waals surface area (Å²) in [6.45, 7) is 14.0. The van der Waals surface area contributed by atoms with Gasteiger partial charge >= 0.3 is 39.5 Å². The van der Waals surface area contributed by atoms with Gasteiger partial charge in [0, 0.05) is 25.7 Å². The molecule has 83 heavy (non-hydrogen) atoms. The van der Waals surface area contributed by atoms with E-state index >= 15 is 0 Å². The Labute approximate surface area is 505 Å². The number of aliphatic hydroxyl groups excluding tert-OH is 1. The summed E-state index contributed by atoms with van der Waals surface area (Å²) in [5.74, 6) is 0.807. The summed E-state index contributed by atoms with van der Waals surface area (Å²) in [6.07, 6.45) is 33.5. The van der Waals surface area contributed by atoms with E-state index in [0.29, 0.717) is 25.7 Å². The number of carbonyl (C=O) groups is 4. The van der Waals surface area contributed by atoms with Gasteiger partial charge in [-0.2, -0.15) is 0 Å². The van der Waals surface area contributed by atoms with E-state index in [9.17, 15) is 43.2 Å². The number of hydrogen-bond acceptors (Lipinski definition) is 15. The SMILES string of the molecule is CCC(C)CCCCCCCCCCC(=O)O[C@H](COC(=O)CCCCCCCCC(C)CC)COP(=O)(O)OC[C@H](O)COP(=O)(O)OC[C@@H](COC(=O)CCCCCCCCC(C)CC)OC(=O)CCCCCCCCCCC(C)C. The van der Waals surface area contributed by atoms with Gasteiger partial charge in [-0.05, 0) is 49.4 Å². The van der Waals surface area contributed by atoms with Gasteiger partial charge in [-0.25, -0.2) is 9.13 Å². The predicted molar refractivity (Wildman–Crippen MR) is 331 cm³/mol. The molecule has 19 heteroatoms. The highest BCUT2D eigenvalue weighted by atomic mass is 31.2. The number of esters is 4. The largest absolute Gasteiger partial charge is 0.472 e. The number of ether oxygens (including phenoxy) is 4. The van der Waals surface area contributed by atoms with E-state index in [-0.39, 0.29) is 25.7 Å². The van der Waals surface area contributed by atoms with Gasteiger partial charge in [-0.15, -0.1) is 0 Å². The maximum atomic E-state index is 13.0. The van der Waals surface area contributed by atoms with Gasteiger partial charge < -0.3 is 33.8 Å². The lowest BCUT2D eigenvalue weighted by molar-refractivity contribution is -0.161. The molecule has 0 aliphatic heterocycles. The lowest BCUT2D eigenvalue weighted by Crippen LogP contribution is -2.30. The molecule has 0 aromatic carbocycles. The van der Waals surface area contributed by atoms with E-state index in [0.717, 1.165) is 126 Å². The molecule has 0 aromatic heterocycles. The first-order valence-corrected chi connectivity index (χ1v) is 36.3. The van der Waals surface area contributed by atoms with Gasteiger partial charge in [0.1, 0.15) is 19.3 Å². The van der Waals surface area contributed by atoms with Gasteiger partial charge in [-0.1, -0.05) is 254 Å². The summed E-state index contributed by atoms with van der Waals surface area (Å²) in [7, 11) is -9.89. The normalized spacial score (nSPS) is 15.4. The Bertz CT molecular complexity index is 1670. The molecule has 0 rings (SSSR count). The van der Waals surface area contributed by atoms with Gasteiger partial charge in [-0.3, -0.25) is 37.3 Å². The monoisotopic (exact) mass is 1230 g/mol. The number of aliphatic hydroxyl groups is 1. The fourth-order valence-electron chi connectivity index (χ4n) is 9.33. The topological polar surface area (TPSA) is 237 Å². The molecule has 0 fully saturated rings. The van der Waals surface area contributed by atoms with Crippen molar-refractivity contribution in [1.29, 1.82) is 0 Å². The number of phosphoric acid groups is 2. The average molecular weight is 1230 g/mol. The van der Waals surface area contributed by atoms with Crippen molar-refractivity contribution >= 4 is 39.5 Å². The molecular formula is C64H124O17P2. The van der Waals surface area contributed by atoms with E-state index in [1.54, 1.807) is 0 Å². The molecule has 0 bridgehead atoms. The second kappa shape index (κ2) is 54.2. The van der Waals surface area contributed by atoms with Gasteiger partial charge in [0.05, 0.1) is 26.4 Å². The number of unbranched alkanes of at least 4 members (excludes halogenated alkanes) is 24. The first-order valence-electron chi connectivity index (χ1n) is 33.3. The molecule has 0 amide bonds. The first-order chi connectivity index (χ1) is 39.7. The molecule has 0 radical (unpaired) electrons. The van der Waals surface area contributed by atoms with Crippen LogP contribution >= 0.6 is 15.6 Å². The zero-order valence-corrected chi connectivity index (χ0v) is 55.6. The number of rotatable bonds is 61. The van der Waals surface area contributed by atoms with Crippen LogP contribution in [0.3, 0.4) is 0 Å². The van der Waals surface area contributed by atoms with Crippen LogP contribution in [-0.2, 0) is 65.4 Å². The van der Waals surface area contributed by atoms with Crippen molar-refractivity contribution in [1.82, 2.24) is 0 Å².